The summed E-state index contributed by atoms with van der Waals surface area (Å²) in [6.07, 6.45) is -0.000988. The van der Waals surface area contributed by atoms with E-state index >= 15 is 0 Å². The zero-order valence-electron chi connectivity index (χ0n) is 19.5. The van der Waals surface area contributed by atoms with Crippen molar-refractivity contribution in [2.24, 2.45) is 0 Å². The molecular weight excluding hydrogens is 437 g/mol. The fraction of sp³-hybridized carbons (Fsp3) is 0.385. The SMILES string of the molecule is CC(C)Oc1ccc(C(O)=C2C(=O)C(=O)N(CCN3CCNCC3)C2c2ccc(F)cc2)cc1. The first-order valence-corrected chi connectivity index (χ1v) is 11.6. The van der Waals surface area contributed by atoms with E-state index in [1.807, 2.05) is 13.8 Å². The highest BCUT2D eigenvalue weighted by atomic mass is 19.1. The van der Waals surface area contributed by atoms with Crippen LogP contribution in [0.5, 0.6) is 5.75 Å². The third-order valence-corrected chi connectivity index (χ3v) is 6.09. The van der Waals surface area contributed by atoms with Gasteiger partial charge in [0, 0.05) is 44.8 Å². The number of ketones is 1. The number of amides is 1. The maximum absolute atomic E-state index is 13.6. The van der Waals surface area contributed by atoms with Gasteiger partial charge in [-0.3, -0.25) is 14.5 Å². The monoisotopic (exact) mass is 467 g/mol. The summed E-state index contributed by atoms with van der Waals surface area (Å²) in [4.78, 5) is 29.9. The Balaban J connectivity index is 1.69. The summed E-state index contributed by atoms with van der Waals surface area (Å²) in [7, 11) is 0. The molecule has 2 aliphatic heterocycles. The van der Waals surface area contributed by atoms with Crippen molar-refractivity contribution in [1.82, 2.24) is 15.1 Å². The molecule has 2 saturated heterocycles. The van der Waals surface area contributed by atoms with E-state index in [0.717, 1.165) is 26.2 Å². The van der Waals surface area contributed by atoms with E-state index in [4.69, 9.17) is 4.74 Å². The number of nitrogens with one attached hydrogen (secondary N) is 1. The van der Waals surface area contributed by atoms with Gasteiger partial charge in [-0.15, -0.1) is 0 Å². The van der Waals surface area contributed by atoms with Gasteiger partial charge in [0.1, 0.15) is 17.3 Å². The van der Waals surface area contributed by atoms with Crippen LogP contribution in [0.4, 0.5) is 4.39 Å². The van der Waals surface area contributed by atoms with Crippen LogP contribution in [0.1, 0.15) is 31.0 Å². The Bertz CT molecular complexity index is 1060. The molecule has 2 aliphatic rings. The number of likely N-dealkylation sites (tertiary alicyclic amines) is 1. The lowest BCUT2D eigenvalue weighted by Gasteiger charge is -2.31. The number of aliphatic hydroxyl groups excluding tert-OH is 1. The van der Waals surface area contributed by atoms with Gasteiger partial charge in [0.15, 0.2) is 0 Å². The van der Waals surface area contributed by atoms with E-state index in [2.05, 4.69) is 10.2 Å². The summed E-state index contributed by atoms with van der Waals surface area (Å²) in [6, 6.07) is 11.6. The summed E-state index contributed by atoms with van der Waals surface area (Å²) in [5.74, 6) is -1.44. The van der Waals surface area contributed by atoms with Crippen molar-refractivity contribution in [3.05, 3.63) is 71.0 Å². The number of hydrogen-bond acceptors (Lipinski definition) is 6. The zero-order valence-corrected chi connectivity index (χ0v) is 19.5. The van der Waals surface area contributed by atoms with E-state index in [1.54, 1.807) is 36.4 Å². The fourth-order valence-corrected chi connectivity index (χ4v) is 4.41. The fourth-order valence-electron chi connectivity index (χ4n) is 4.41. The molecular formula is C26H30FN3O4. The maximum atomic E-state index is 13.6. The van der Waals surface area contributed by atoms with Gasteiger partial charge in [-0.05, 0) is 55.8 Å². The highest BCUT2D eigenvalue weighted by Gasteiger charge is 2.46. The second-order valence-electron chi connectivity index (χ2n) is 8.83. The van der Waals surface area contributed by atoms with Crippen LogP contribution in [0.25, 0.3) is 5.76 Å². The van der Waals surface area contributed by atoms with E-state index in [9.17, 15) is 19.1 Å². The molecule has 0 saturated carbocycles. The van der Waals surface area contributed by atoms with E-state index in [-0.39, 0.29) is 17.4 Å². The number of hydrogen-bond donors (Lipinski definition) is 2. The van der Waals surface area contributed by atoms with Gasteiger partial charge in [0.2, 0.25) is 0 Å². The largest absolute Gasteiger partial charge is 0.507 e. The Labute approximate surface area is 198 Å². The minimum atomic E-state index is -0.796. The predicted molar refractivity (Wildman–Crippen MR) is 127 cm³/mol. The van der Waals surface area contributed by atoms with Crippen LogP contribution >= 0.6 is 0 Å². The van der Waals surface area contributed by atoms with Crippen molar-refractivity contribution in [3.8, 4) is 5.75 Å². The quantitative estimate of drug-likeness (QED) is 0.370. The van der Waals surface area contributed by atoms with Crippen molar-refractivity contribution < 1.29 is 23.8 Å². The number of halogens is 1. The maximum Gasteiger partial charge on any atom is 0.295 e. The Hall–Kier alpha value is -3.23. The predicted octanol–water partition coefficient (Wildman–Crippen LogP) is 2.94. The Morgan fingerprint density at radius 1 is 1.06 bits per heavy atom. The van der Waals surface area contributed by atoms with Crippen LogP contribution < -0.4 is 10.1 Å². The molecule has 0 radical (unpaired) electrons. The topological polar surface area (TPSA) is 82.1 Å². The molecule has 0 aliphatic carbocycles. The Morgan fingerprint density at radius 2 is 1.71 bits per heavy atom. The Kier molecular flexibility index (Phi) is 7.29. The smallest absolute Gasteiger partial charge is 0.295 e. The van der Waals surface area contributed by atoms with Crippen molar-refractivity contribution in [1.29, 1.82) is 0 Å². The number of benzene rings is 2. The third-order valence-electron chi connectivity index (χ3n) is 6.09. The van der Waals surface area contributed by atoms with Crippen molar-refractivity contribution >= 4 is 17.4 Å². The van der Waals surface area contributed by atoms with Crippen LogP contribution in [0.3, 0.4) is 0 Å². The molecule has 1 amide bonds. The lowest BCUT2D eigenvalue weighted by atomic mass is 9.95. The van der Waals surface area contributed by atoms with Gasteiger partial charge in [-0.1, -0.05) is 12.1 Å². The molecule has 0 bridgehead atoms. The molecule has 2 aromatic rings. The summed E-state index contributed by atoms with van der Waals surface area (Å²) in [5, 5.41) is 14.4. The van der Waals surface area contributed by atoms with E-state index < -0.39 is 23.5 Å². The van der Waals surface area contributed by atoms with E-state index in [0.29, 0.717) is 30.0 Å². The normalized spacial score (nSPS) is 20.8. The zero-order chi connectivity index (χ0) is 24.2. The second-order valence-corrected chi connectivity index (χ2v) is 8.83. The number of piperazine rings is 1. The summed E-state index contributed by atoms with van der Waals surface area (Å²) in [6.45, 7) is 8.22. The standard InChI is InChI=1S/C26H30FN3O4/c1-17(2)34-21-9-5-19(6-10-21)24(31)22-23(18-3-7-20(27)8-4-18)30(26(33)25(22)32)16-15-29-13-11-28-12-14-29/h3-10,17,23,28,31H,11-16H2,1-2H3. The number of rotatable bonds is 7. The lowest BCUT2D eigenvalue weighted by Crippen LogP contribution is -2.46. The molecule has 2 fully saturated rings. The number of nitrogens with zero attached hydrogens (tertiary/aromatic N) is 2. The van der Waals surface area contributed by atoms with Crippen LogP contribution in [0, 0.1) is 5.82 Å². The second kappa shape index (κ2) is 10.4. The van der Waals surface area contributed by atoms with Crippen LogP contribution in [0.15, 0.2) is 54.1 Å². The number of aliphatic hydroxyl groups is 1. The highest BCUT2D eigenvalue weighted by Crippen LogP contribution is 2.39. The van der Waals surface area contributed by atoms with Crippen LogP contribution in [-0.2, 0) is 9.59 Å². The van der Waals surface area contributed by atoms with Gasteiger partial charge in [-0.25, -0.2) is 4.39 Å². The molecule has 180 valence electrons. The van der Waals surface area contributed by atoms with Crippen LogP contribution in [-0.4, -0.2) is 72.0 Å². The van der Waals surface area contributed by atoms with Crippen molar-refractivity contribution in [2.45, 2.75) is 26.0 Å². The summed E-state index contributed by atoms with van der Waals surface area (Å²) in [5.41, 5.74) is 0.986. The lowest BCUT2D eigenvalue weighted by molar-refractivity contribution is -0.140. The first-order chi connectivity index (χ1) is 16.3. The van der Waals surface area contributed by atoms with Crippen molar-refractivity contribution in [2.75, 3.05) is 39.3 Å². The highest BCUT2D eigenvalue weighted by molar-refractivity contribution is 6.46. The average molecular weight is 468 g/mol. The molecule has 0 aromatic heterocycles. The molecule has 2 aromatic carbocycles. The number of carbonyl (C=O) groups is 2. The van der Waals surface area contributed by atoms with Gasteiger partial charge in [-0.2, -0.15) is 0 Å². The molecule has 34 heavy (non-hydrogen) atoms. The minimum Gasteiger partial charge on any atom is -0.507 e. The molecule has 2 N–H and O–H groups in total. The Morgan fingerprint density at radius 3 is 2.32 bits per heavy atom. The first kappa shape index (κ1) is 23.9. The third kappa shape index (κ3) is 5.13. The van der Waals surface area contributed by atoms with Gasteiger partial charge >= 0.3 is 0 Å². The molecule has 7 nitrogen and oxygen atoms in total. The number of Topliss-reactive ketones (excluding diaryl/α,β-unsaturated/α-hetero) is 1. The average Bonchev–Trinajstić information content (AvgIpc) is 3.08. The number of carbonyl (C=O) groups excluding carboxylic acids is 2. The summed E-state index contributed by atoms with van der Waals surface area (Å²) >= 11 is 0. The van der Waals surface area contributed by atoms with Gasteiger partial charge < -0.3 is 20.1 Å². The van der Waals surface area contributed by atoms with Gasteiger partial charge in [0.05, 0.1) is 17.7 Å². The molecule has 2 heterocycles. The molecule has 4 rings (SSSR count). The van der Waals surface area contributed by atoms with Gasteiger partial charge in [0.25, 0.3) is 11.7 Å². The molecule has 0 spiro atoms. The number of ether oxygens (including phenoxy) is 1. The first-order valence-electron chi connectivity index (χ1n) is 11.6. The van der Waals surface area contributed by atoms with Crippen molar-refractivity contribution in [3.63, 3.8) is 0 Å². The van der Waals surface area contributed by atoms with Crippen LogP contribution in [0.2, 0.25) is 0 Å². The molecule has 1 unspecified atom stereocenters. The molecule has 8 heteroatoms. The molecule has 1 atom stereocenters. The minimum absolute atomic E-state index is 0.000988. The van der Waals surface area contributed by atoms with E-state index in [1.165, 1.54) is 17.0 Å². The summed E-state index contributed by atoms with van der Waals surface area (Å²) < 4.78 is 19.3.